The van der Waals surface area contributed by atoms with Crippen molar-refractivity contribution in [2.45, 2.75) is 44.6 Å². The van der Waals surface area contributed by atoms with Gasteiger partial charge in [0.15, 0.2) is 17.5 Å². The van der Waals surface area contributed by atoms with Crippen LogP contribution in [0, 0.1) is 17.6 Å². The van der Waals surface area contributed by atoms with Crippen molar-refractivity contribution >= 4 is 40.3 Å². The third-order valence-corrected chi connectivity index (χ3v) is 7.01. The Bertz CT molecular complexity index is 1520. The number of aliphatic hydroxyl groups excluding tert-OH is 1. The first-order chi connectivity index (χ1) is 20.0. The van der Waals surface area contributed by atoms with E-state index in [0.717, 1.165) is 24.3 Å². The Labute approximate surface area is 235 Å². The third kappa shape index (κ3) is 7.20. The number of aliphatic hydroxyl groups is 1. The van der Waals surface area contributed by atoms with Gasteiger partial charge in [-0.05, 0) is 43.0 Å². The van der Waals surface area contributed by atoms with Gasteiger partial charge in [0.25, 0.3) is 0 Å². The van der Waals surface area contributed by atoms with Crippen molar-refractivity contribution in [3.63, 3.8) is 0 Å². The number of fused-ring (bicyclic) bond motifs is 1. The Balaban J connectivity index is 1.15. The zero-order valence-electron chi connectivity index (χ0n) is 22.3. The highest BCUT2D eigenvalue weighted by molar-refractivity contribution is 5.93. The van der Waals surface area contributed by atoms with Crippen LogP contribution in [0.15, 0.2) is 53.8 Å². The van der Waals surface area contributed by atoms with E-state index in [1.165, 1.54) is 31.3 Å². The molecule has 1 amide bonds. The lowest BCUT2D eigenvalue weighted by Gasteiger charge is -2.16. The van der Waals surface area contributed by atoms with Gasteiger partial charge < -0.3 is 20.5 Å². The minimum atomic E-state index is -1.11. The maximum Gasteiger partial charge on any atom is 0.230 e. The molecule has 0 spiro atoms. The Morgan fingerprint density at radius 2 is 2.05 bits per heavy atom. The lowest BCUT2D eigenvalue weighted by atomic mass is 9.99. The number of aromatic nitrogens is 4. The van der Waals surface area contributed by atoms with Crippen molar-refractivity contribution in [3.05, 3.63) is 66.1 Å². The summed E-state index contributed by atoms with van der Waals surface area (Å²) in [6, 6.07) is 10.7. The summed E-state index contributed by atoms with van der Waals surface area (Å²) in [5.74, 6) is -0.612. The van der Waals surface area contributed by atoms with Crippen LogP contribution >= 0.6 is 0 Å². The van der Waals surface area contributed by atoms with E-state index in [0.29, 0.717) is 47.5 Å². The molecule has 214 valence electrons. The quantitative estimate of drug-likeness (QED) is 0.141. The standard InChI is InChI=1S/C29H31F2N7O3/c30-22-7-3-8-23(28(22)31)35-27(40)14-19-13-26(38-37-19)36-29-21-10-9-20(15-24(21)33-17-34-29)41-12-4-11-32-25(16-39)18-5-1-2-6-18/h3,7-11,13,15,17-18,25,39H,1-2,4-6,12,14,16H2,(H,35,40)(H2,33,34,36,37,38). The predicted molar refractivity (Wildman–Crippen MR) is 152 cm³/mol. The molecule has 10 nitrogen and oxygen atoms in total. The lowest BCUT2D eigenvalue weighted by Crippen LogP contribution is -2.20. The first-order valence-corrected chi connectivity index (χ1v) is 13.6. The van der Waals surface area contributed by atoms with Gasteiger partial charge in [-0.2, -0.15) is 5.10 Å². The number of hydrogen-bond donors (Lipinski definition) is 4. The summed E-state index contributed by atoms with van der Waals surface area (Å²) in [6.45, 7) is 0.527. The number of amides is 1. The molecule has 2 aromatic carbocycles. The van der Waals surface area contributed by atoms with Crippen LogP contribution in [0.4, 0.5) is 26.1 Å². The number of ether oxygens (including phenoxy) is 1. The second-order valence-corrected chi connectivity index (χ2v) is 9.89. The smallest absolute Gasteiger partial charge is 0.230 e. The van der Waals surface area contributed by atoms with Crippen molar-refractivity contribution in [2.75, 3.05) is 23.8 Å². The molecule has 1 aliphatic rings. The molecule has 5 rings (SSSR count). The molecule has 0 bridgehead atoms. The van der Waals surface area contributed by atoms with E-state index in [-0.39, 0.29) is 24.8 Å². The Kier molecular flexibility index (Phi) is 9.09. The number of halogens is 2. The highest BCUT2D eigenvalue weighted by Gasteiger charge is 2.23. The Morgan fingerprint density at radius 3 is 2.88 bits per heavy atom. The van der Waals surface area contributed by atoms with Crippen molar-refractivity contribution in [1.82, 2.24) is 20.2 Å². The topological polar surface area (TPSA) is 137 Å². The van der Waals surface area contributed by atoms with Gasteiger partial charge in [-0.15, -0.1) is 0 Å². The molecule has 1 fully saturated rings. The fourth-order valence-corrected chi connectivity index (χ4v) is 4.93. The maximum atomic E-state index is 13.8. The highest BCUT2D eigenvalue weighted by Crippen LogP contribution is 2.29. The molecular weight excluding hydrogens is 532 g/mol. The van der Waals surface area contributed by atoms with Crippen molar-refractivity contribution < 1.29 is 23.4 Å². The predicted octanol–water partition coefficient (Wildman–Crippen LogP) is 4.95. The largest absolute Gasteiger partial charge is 0.493 e. The number of hydrogen-bond acceptors (Lipinski definition) is 8. The fraction of sp³-hybridized carbons (Fsp3) is 0.345. The SMILES string of the molecule is O=C(Cc1cc(Nc2ncnc3cc(OCCC=NC(CO)C4CCCC4)ccc23)n[nH]1)Nc1cccc(F)c1F. The summed E-state index contributed by atoms with van der Waals surface area (Å²) in [5.41, 5.74) is 0.905. The van der Waals surface area contributed by atoms with Gasteiger partial charge in [0.2, 0.25) is 5.91 Å². The number of H-pyrrole nitrogens is 1. The first kappa shape index (κ1) is 28.1. The molecule has 0 aliphatic heterocycles. The molecular formula is C29H31F2N7O3. The molecule has 4 N–H and O–H groups in total. The van der Waals surface area contributed by atoms with E-state index < -0.39 is 17.5 Å². The minimum Gasteiger partial charge on any atom is -0.493 e. The van der Waals surface area contributed by atoms with E-state index in [4.69, 9.17) is 4.74 Å². The normalized spacial score (nSPS) is 14.5. The monoisotopic (exact) mass is 563 g/mol. The molecule has 0 radical (unpaired) electrons. The number of aromatic amines is 1. The van der Waals surface area contributed by atoms with Gasteiger partial charge in [0, 0.05) is 35.8 Å². The number of aliphatic imine (C=N–C) groups is 1. The number of nitrogens with zero attached hydrogens (tertiary/aromatic N) is 4. The van der Waals surface area contributed by atoms with Gasteiger partial charge in [-0.25, -0.2) is 18.7 Å². The average Bonchev–Trinajstić information content (AvgIpc) is 3.66. The van der Waals surface area contributed by atoms with E-state index in [9.17, 15) is 18.7 Å². The Hall–Kier alpha value is -4.45. The molecule has 1 aliphatic carbocycles. The van der Waals surface area contributed by atoms with Gasteiger partial charge in [0.1, 0.15) is 17.9 Å². The summed E-state index contributed by atoms with van der Waals surface area (Å²) >= 11 is 0. The van der Waals surface area contributed by atoms with Crippen molar-refractivity contribution in [2.24, 2.45) is 10.9 Å². The van der Waals surface area contributed by atoms with Crippen LogP contribution in [0.2, 0.25) is 0 Å². The number of carbonyl (C=O) groups is 1. The summed E-state index contributed by atoms with van der Waals surface area (Å²) in [5, 5.41) is 22.8. The van der Waals surface area contributed by atoms with Crippen LogP contribution in [0.25, 0.3) is 10.9 Å². The molecule has 1 unspecified atom stereocenters. The van der Waals surface area contributed by atoms with E-state index >= 15 is 0 Å². The van der Waals surface area contributed by atoms with Crippen LogP contribution in [0.3, 0.4) is 0 Å². The van der Waals surface area contributed by atoms with E-state index in [2.05, 4.69) is 35.8 Å². The second kappa shape index (κ2) is 13.3. The van der Waals surface area contributed by atoms with Gasteiger partial charge >= 0.3 is 0 Å². The molecule has 4 aromatic rings. The lowest BCUT2D eigenvalue weighted by molar-refractivity contribution is -0.115. The summed E-state index contributed by atoms with van der Waals surface area (Å²) in [6.07, 6.45) is 8.47. The zero-order chi connectivity index (χ0) is 28.6. The maximum absolute atomic E-state index is 13.8. The molecule has 12 heteroatoms. The van der Waals surface area contributed by atoms with Gasteiger partial charge in [-0.1, -0.05) is 18.9 Å². The molecule has 1 saturated carbocycles. The minimum absolute atomic E-state index is 0.0201. The second-order valence-electron chi connectivity index (χ2n) is 9.89. The number of rotatable bonds is 12. The first-order valence-electron chi connectivity index (χ1n) is 13.6. The molecule has 0 saturated heterocycles. The molecule has 2 heterocycles. The number of nitrogens with one attached hydrogen (secondary N) is 3. The average molecular weight is 564 g/mol. The number of carbonyl (C=O) groups excluding carboxylic acids is 1. The van der Waals surface area contributed by atoms with Crippen LogP contribution in [-0.4, -0.2) is 56.6 Å². The Morgan fingerprint density at radius 1 is 1.20 bits per heavy atom. The van der Waals surface area contributed by atoms with Crippen LogP contribution in [0.1, 0.15) is 37.8 Å². The summed E-state index contributed by atoms with van der Waals surface area (Å²) in [7, 11) is 0. The number of anilines is 3. The van der Waals surface area contributed by atoms with Gasteiger partial charge in [0.05, 0.1) is 36.9 Å². The number of benzene rings is 2. The summed E-state index contributed by atoms with van der Waals surface area (Å²) in [4.78, 5) is 25.5. The van der Waals surface area contributed by atoms with Crippen molar-refractivity contribution in [1.29, 1.82) is 0 Å². The molecule has 2 aromatic heterocycles. The van der Waals surface area contributed by atoms with Gasteiger partial charge in [-0.3, -0.25) is 14.9 Å². The third-order valence-electron chi connectivity index (χ3n) is 7.01. The fourth-order valence-electron chi connectivity index (χ4n) is 4.93. The van der Waals surface area contributed by atoms with E-state index in [1.54, 1.807) is 6.07 Å². The molecule has 1 atom stereocenters. The summed E-state index contributed by atoms with van der Waals surface area (Å²) < 4.78 is 33.1. The van der Waals surface area contributed by atoms with E-state index in [1.807, 2.05) is 24.4 Å². The van der Waals surface area contributed by atoms with Crippen LogP contribution < -0.4 is 15.4 Å². The zero-order valence-corrected chi connectivity index (χ0v) is 22.3. The highest BCUT2D eigenvalue weighted by atomic mass is 19.2. The van der Waals surface area contributed by atoms with Crippen LogP contribution in [0.5, 0.6) is 5.75 Å². The molecule has 41 heavy (non-hydrogen) atoms. The van der Waals surface area contributed by atoms with Crippen LogP contribution in [-0.2, 0) is 11.2 Å². The van der Waals surface area contributed by atoms with Crippen molar-refractivity contribution in [3.8, 4) is 5.75 Å².